The lowest BCUT2D eigenvalue weighted by Gasteiger charge is -2.28. The summed E-state index contributed by atoms with van der Waals surface area (Å²) in [7, 11) is 0. The Bertz CT molecular complexity index is 876. The van der Waals surface area contributed by atoms with Gasteiger partial charge < -0.3 is 10.4 Å². The molecule has 146 valence electrons. The molecule has 0 aromatic heterocycles. The molecule has 0 aliphatic carbocycles. The molecule has 0 bridgehead atoms. The third kappa shape index (κ3) is 3.79. The van der Waals surface area contributed by atoms with Gasteiger partial charge in [-0.15, -0.1) is 0 Å². The first-order valence-corrected chi connectivity index (χ1v) is 9.37. The van der Waals surface area contributed by atoms with Crippen LogP contribution in [0.5, 0.6) is 0 Å². The van der Waals surface area contributed by atoms with Crippen LogP contribution in [0.2, 0.25) is 5.02 Å². The number of carbonyl (C=O) groups excluding carboxylic acids is 3. The van der Waals surface area contributed by atoms with Crippen molar-refractivity contribution in [2.75, 3.05) is 6.54 Å². The Labute approximate surface area is 168 Å². The zero-order chi connectivity index (χ0) is 20.4. The number of carbonyl (C=O) groups is 3. The van der Waals surface area contributed by atoms with Crippen molar-refractivity contribution in [3.63, 3.8) is 0 Å². The van der Waals surface area contributed by atoms with Crippen molar-refractivity contribution in [3.05, 3.63) is 70.2 Å². The van der Waals surface area contributed by atoms with Crippen molar-refractivity contribution in [1.29, 1.82) is 0 Å². The maximum atomic E-state index is 12.8. The second-order valence-electron chi connectivity index (χ2n) is 7.03. The molecule has 2 aromatic rings. The van der Waals surface area contributed by atoms with Crippen LogP contribution in [0.15, 0.2) is 48.5 Å². The number of amides is 3. The molecule has 2 aromatic carbocycles. The first kappa shape index (κ1) is 20.0. The minimum absolute atomic E-state index is 0.0488. The van der Waals surface area contributed by atoms with Gasteiger partial charge in [-0.3, -0.25) is 19.3 Å². The molecule has 0 fully saturated rings. The zero-order valence-corrected chi connectivity index (χ0v) is 16.3. The molecule has 6 nitrogen and oxygen atoms in total. The highest BCUT2D eigenvalue weighted by molar-refractivity contribution is 6.30. The van der Waals surface area contributed by atoms with Crippen molar-refractivity contribution in [3.8, 4) is 0 Å². The highest BCUT2D eigenvalue weighted by Gasteiger charge is 2.43. The highest BCUT2D eigenvalue weighted by atomic mass is 35.5. The maximum absolute atomic E-state index is 12.8. The van der Waals surface area contributed by atoms with E-state index in [1.54, 1.807) is 62.4 Å². The molecule has 0 spiro atoms. The van der Waals surface area contributed by atoms with Crippen LogP contribution >= 0.6 is 11.6 Å². The zero-order valence-electron chi connectivity index (χ0n) is 15.6. The topological polar surface area (TPSA) is 86.7 Å². The van der Waals surface area contributed by atoms with Crippen molar-refractivity contribution in [2.45, 2.75) is 26.0 Å². The van der Waals surface area contributed by atoms with Crippen LogP contribution in [0.25, 0.3) is 0 Å². The largest absolute Gasteiger partial charge is 0.387 e. The Morgan fingerprint density at radius 3 is 2.07 bits per heavy atom. The number of fused-ring (bicyclic) bond motifs is 1. The number of aliphatic hydroxyl groups is 1. The average Bonchev–Trinajstić information content (AvgIpc) is 2.92. The number of nitrogens with zero attached hydrogens (tertiary/aromatic N) is 1. The SMILES string of the molecule is CC(C)C(C(=O)NCC(O)c1ccc(Cl)cc1)N1C(=O)c2ccccc2C1=O. The van der Waals surface area contributed by atoms with Gasteiger partial charge in [0.25, 0.3) is 11.8 Å². The van der Waals surface area contributed by atoms with Crippen LogP contribution in [0.3, 0.4) is 0 Å². The Hall–Kier alpha value is -2.70. The van der Waals surface area contributed by atoms with Gasteiger partial charge in [0.15, 0.2) is 0 Å². The van der Waals surface area contributed by atoms with Crippen molar-refractivity contribution in [1.82, 2.24) is 10.2 Å². The van der Waals surface area contributed by atoms with E-state index < -0.39 is 29.9 Å². The van der Waals surface area contributed by atoms with Crippen molar-refractivity contribution >= 4 is 29.3 Å². The van der Waals surface area contributed by atoms with Crippen LogP contribution in [0.4, 0.5) is 0 Å². The predicted molar refractivity (Wildman–Crippen MR) is 105 cm³/mol. The van der Waals surface area contributed by atoms with Gasteiger partial charge in [0.1, 0.15) is 6.04 Å². The fourth-order valence-corrected chi connectivity index (χ4v) is 3.41. The number of hydrogen-bond donors (Lipinski definition) is 2. The van der Waals surface area contributed by atoms with E-state index in [1.165, 1.54) is 0 Å². The van der Waals surface area contributed by atoms with Gasteiger partial charge in [0, 0.05) is 11.6 Å². The van der Waals surface area contributed by atoms with E-state index in [9.17, 15) is 19.5 Å². The van der Waals surface area contributed by atoms with Crippen LogP contribution in [-0.2, 0) is 4.79 Å². The van der Waals surface area contributed by atoms with Gasteiger partial charge >= 0.3 is 0 Å². The molecule has 0 radical (unpaired) electrons. The molecule has 0 saturated carbocycles. The van der Waals surface area contributed by atoms with E-state index in [0.29, 0.717) is 21.7 Å². The first-order valence-electron chi connectivity index (χ1n) is 8.99. The van der Waals surface area contributed by atoms with E-state index in [-0.39, 0.29) is 12.5 Å². The van der Waals surface area contributed by atoms with E-state index >= 15 is 0 Å². The second-order valence-corrected chi connectivity index (χ2v) is 7.46. The molecular formula is C21H21ClN2O4. The number of aliphatic hydroxyl groups excluding tert-OH is 1. The third-order valence-corrected chi connectivity index (χ3v) is 4.98. The molecule has 28 heavy (non-hydrogen) atoms. The number of imide groups is 1. The molecule has 3 amide bonds. The summed E-state index contributed by atoms with van der Waals surface area (Å²) in [4.78, 5) is 39.3. The summed E-state index contributed by atoms with van der Waals surface area (Å²) in [6.45, 7) is 3.49. The van der Waals surface area contributed by atoms with Crippen molar-refractivity contribution in [2.24, 2.45) is 5.92 Å². The summed E-state index contributed by atoms with van der Waals surface area (Å²) in [5.41, 5.74) is 1.20. The fourth-order valence-electron chi connectivity index (χ4n) is 3.28. The number of hydrogen-bond acceptors (Lipinski definition) is 4. The summed E-state index contributed by atoms with van der Waals surface area (Å²) in [6, 6.07) is 12.2. The van der Waals surface area contributed by atoms with Crippen molar-refractivity contribution < 1.29 is 19.5 Å². The van der Waals surface area contributed by atoms with Gasteiger partial charge in [-0.05, 0) is 35.7 Å². The minimum atomic E-state index is -0.968. The van der Waals surface area contributed by atoms with Crippen LogP contribution in [0, 0.1) is 5.92 Å². The lowest BCUT2D eigenvalue weighted by Crippen LogP contribution is -2.52. The molecule has 1 heterocycles. The molecule has 2 unspecified atom stereocenters. The molecule has 2 N–H and O–H groups in total. The van der Waals surface area contributed by atoms with Crippen LogP contribution in [0.1, 0.15) is 46.2 Å². The molecule has 1 aliphatic rings. The smallest absolute Gasteiger partial charge is 0.262 e. The summed E-state index contributed by atoms with van der Waals surface area (Å²) < 4.78 is 0. The van der Waals surface area contributed by atoms with E-state index in [4.69, 9.17) is 11.6 Å². The number of benzene rings is 2. The quantitative estimate of drug-likeness (QED) is 0.730. The fraction of sp³-hybridized carbons (Fsp3) is 0.286. The average molecular weight is 401 g/mol. The van der Waals surface area contributed by atoms with E-state index in [2.05, 4.69) is 5.32 Å². The Morgan fingerprint density at radius 1 is 1.04 bits per heavy atom. The van der Waals surface area contributed by atoms with Crippen LogP contribution < -0.4 is 5.32 Å². The maximum Gasteiger partial charge on any atom is 0.262 e. The van der Waals surface area contributed by atoms with Gasteiger partial charge in [-0.25, -0.2) is 0 Å². The van der Waals surface area contributed by atoms with Gasteiger partial charge in [0.05, 0.1) is 17.2 Å². The molecule has 2 atom stereocenters. The molecular weight excluding hydrogens is 380 g/mol. The second kappa shape index (κ2) is 8.12. The predicted octanol–water partition coefficient (Wildman–Crippen LogP) is 2.81. The van der Waals surface area contributed by atoms with Gasteiger partial charge in [-0.2, -0.15) is 0 Å². The summed E-state index contributed by atoms with van der Waals surface area (Å²) in [6.07, 6.45) is -0.934. The summed E-state index contributed by atoms with van der Waals surface area (Å²) in [5.74, 6) is -1.74. The minimum Gasteiger partial charge on any atom is -0.387 e. The lowest BCUT2D eigenvalue weighted by atomic mass is 10.0. The van der Waals surface area contributed by atoms with Crippen LogP contribution in [-0.4, -0.2) is 40.3 Å². The van der Waals surface area contributed by atoms with Gasteiger partial charge in [-0.1, -0.05) is 49.7 Å². The monoisotopic (exact) mass is 400 g/mol. The standard InChI is InChI=1S/C21H21ClN2O4/c1-12(2)18(24-20(27)15-5-3-4-6-16(15)21(24)28)19(26)23-11-17(25)13-7-9-14(22)10-8-13/h3-10,12,17-18,25H,11H2,1-2H3,(H,23,26). The Balaban J connectivity index is 1.74. The molecule has 7 heteroatoms. The Kier molecular flexibility index (Phi) is 5.82. The number of halogens is 1. The summed E-state index contributed by atoms with van der Waals surface area (Å²) in [5, 5.41) is 13.5. The number of nitrogens with one attached hydrogen (secondary N) is 1. The third-order valence-electron chi connectivity index (χ3n) is 4.73. The molecule has 3 rings (SSSR count). The molecule has 1 aliphatic heterocycles. The van der Waals surface area contributed by atoms with E-state index in [1.807, 2.05) is 0 Å². The first-order chi connectivity index (χ1) is 13.3. The number of rotatable bonds is 6. The van der Waals surface area contributed by atoms with Gasteiger partial charge in [0.2, 0.25) is 5.91 Å². The van der Waals surface area contributed by atoms with E-state index in [0.717, 1.165) is 4.90 Å². The molecule has 0 saturated heterocycles. The Morgan fingerprint density at radius 2 is 1.57 bits per heavy atom. The lowest BCUT2D eigenvalue weighted by molar-refractivity contribution is -0.126. The normalized spacial score (nSPS) is 15.5. The summed E-state index contributed by atoms with van der Waals surface area (Å²) >= 11 is 5.84. The highest BCUT2D eigenvalue weighted by Crippen LogP contribution is 2.27.